The highest BCUT2D eigenvalue weighted by molar-refractivity contribution is 6.30. The molecule has 8 nitrogen and oxygen atoms in total. The molecule has 0 saturated heterocycles. The predicted octanol–water partition coefficient (Wildman–Crippen LogP) is 4.52. The standard InChI is InChI=1S/C26H28ClN5O3.2ClH/c1-35-25(34)18-7-5-17(6-8-18)22-29-30-23-24(33)31(13-14-32(22)23)21-9-11-26(16-28,12-10-21)19-3-2-4-20(27)15-19;;/h2-8,15,21H,9-14,16,28H2,1H3;2*1H/t21-,26+;;. The van der Waals surface area contributed by atoms with Gasteiger partial charge in [-0.3, -0.25) is 4.79 Å². The number of amides is 1. The summed E-state index contributed by atoms with van der Waals surface area (Å²) in [7, 11) is 1.35. The molecular weight excluding hydrogens is 537 g/mol. The van der Waals surface area contributed by atoms with Gasteiger partial charge in [-0.1, -0.05) is 35.9 Å². The maximum atomic E-state index is 13.4. The van der Waals surface area contributed by atoms with Gasteiger partial charge in [0.15, 0.2) is 5.82 Å². The van der Waals surface area contributed by atoms with Crippen molar-refractivity contribution in [1.29, 1.82) is 0 Å². The summed E-state index contributed by atoms with van der Waals surface area (Å²) in [6, 6.07) is 15.1. The van der Waals surface area contributed by atoms with Crippen molar-refractivity contribution in [1.82, 2.24) is 19.7 Å². The third-order valence-electron chi connectivity index (χ3n) is 7.51. The van der Waals surface area contributed by atoms with Crippen molar-refractivity contribution >= 4 is 48.3 Å². The molecule has 5 rings (SSSR count). The van der Waals surface area contributed by atoms with Crippen LogP contribution < -0.4 is 5.73 Å². The maximum Gasteiger partial charge on any atom is 0.337 e. The fourth-order valence-corrected chi connectivity index (χ4v) is 5.63. The number of carbonyl (C=O) groups is 2. The quantitative estimate of drug-likeness (QED) is 0.456. The first-order valence-corrected chi connectivity index (χ1v) is 12.2. The zero-order valence-corrected chi connectivity index (χ0v) is 22.8. The minimum atomic E-state index is -0.396. The molecule has 0 unspecified atom stereocenters. The molecule has 3 aromatic rings. The number of benzene rings is 2. The number of nitrogens with zero attached hydrogens (tertiary/aromatic N) is 4. The molecule has 1 aromatic heterocycles. The highest BCUT2D eigenvalue weighted by Crippen LogP contribution is 2.41. The van der Waals surface area contributed by atoms with Crippen LogP contribution in [0.25, 0.3) is 11.4 Å². The van der Waals surface area contributed by atoms with E-state index in [1.165, 1.54) is 12.7 Å². The van der Waals surface area contributed by atoms with E-state index >= 15 is 0 Å². The van der Waals surface area contributed by atoms with Crippen molar-refractivity contribution in [2.24, 2.45) is 5.73 Å². The molecule has 37 heavy (non-hydrogen) atoms. The van der Waals surface area contributed by atoms with Crippen LogP contribution in [0.3, 0.4) is 0 Å². The topological polar surface area (TPSA) is 103 Å². The number of hydrogen-bond donors (Lipinski definition) is 1. The highest BCUT2D eigenvalue weighted by Gasteiger charge is 2.40. The van der Waals surface area contributed by atoms with Crippen molar-refractivity contribution in [3.63, 3.8) is 0 Å². The molecule has 0 spiro atoms. The predicted molar refractivity (Wildman–Crippen MR) is 147 cm³/mol. The Morgan fingerprint density at radius 1 is 1.08 bits per heavy atom. The van der Waals surface area contributed by atoms with Gasteiger partial charge in [0.05, 0.1) is 12.7 Å². The molecule has 2 aromatic carbocycles. The number of halogens is 3. The molecule has 1 aliphatic carbocycles. The second kappa shape index (κ2) is 11.8. The van der Waals surface area contributed by atoms with E-state index in [2.05, 4.69) is 16.3 Å². The lowest BCUT2D eigenvalue weighted by atomic mass is 9.68. The summed E-state index contributed by atoms with van der Waals surface area (Å²) in [6.07, 6.45) is 3.57. The summed E-state index contributed by atoms with van der Waals surface area (Å²) in [5, 5.41) is 9.25. The van der Waals surface area contributed by atoms with Crippen LogP contribution in [-0.4, -0.2) is 57.8 Å². The van der Waals surface area contributed by atoms with E-state index in [9.17, 15) is 9.59 Å². The summed E-state index contributed by atoms with van der Waals surface area (Å²) >= 11 is 6.25. The number of rotatable bonds is 5. The van der Waals surface area contributed by atoms with Gasteiger partial charge >= 0.3 is 5.97 Å². The van der Waals surface area contributed by atoms with Gasteiger partial charge in [0.2, 0.25) is 5.82 Å². The van der Waals surface area contributed by atoms with Gasteiger partial charge in [-0.25, -0.2) is 4.79 Å². The summed E-state index contributed by atoms with van der Waals surface area (Å²) in [6.45, 7) is 1.78. The molecule has 11 heteroatoms. The Bertz CT molecular complexity index is 1260. The summed E-state index contributed by atoms with van der Waals surface area (Å²) in [5.74, 6) is 0.492. The van der Waals surface area contributed by atoms with E-state index in [-0.39, 0.29) is 42.2 Å². The van der Waals surface area contributed by atoms with Gasteiger partial charge in [-0.05, 0) is 55.5 Å². The van der Waals surface area contributed by atoms with Gasteiger partial charge in [0.25, 0.3) is 5.91 Å². The SMILES string of the molecule is COC(=O)c1ccc(-c2nnc3n2CCN([C@H]2CC[C@@](CN)(c4cccc(Cl)c4)CC2)C3=O)cc1.Cl.Cl. The number of aromatic nitrogens is 3. The van der Waals surface area contributed by atoms with Crippen molar-refractivity contribution < 1.29 is 14.3 Å². The van der Waals surface area contributed by atoms with Gasteiger partial charge in [-0.2, -0.15) is 0 Å². The van der Waals surface area contributed by atoms with Crippen LogP contribution in [0.4, 0.5) is 0 Å². The fourth-order valence-electron chi connectivity index (χ4n) is 5.44. The monoisotopic (exact) mass is 565 g/mol. The van der Waals surface area contributed by atoms with Gasteiger partial charge < -0.3 is 19.9 Å². The summed E-state index contributed by atoms with van der Waals surface area (Å²) in [5.41, 5.74) is 8.58. The molecule has 0 bridgehead atoms. The van der Waals surface area contributed by atoms with E-state index in [0.29, 0.717) is 36.8 Å². The number of carbonyl (C=O) groups excluding carboxylic acids is 2. The van der Waals surface area contributed by atoms with Crippen molar-refractivity contribution in [2.45, 2.75) is 43.7 Å². The molecule has 1 amide bonds. The Morgan fingerprint density at radius 2 is 1.76 bits per heavy atom. The molecule has 1 saturated carbocycles. The largest absolute Gasteiger partial charge is 0.465 e. The van der Waals surface area contributed by atoms with E-state index in [4.69, 9.17) is 22.1 Å². The Hall–Kier alpha value is -2.65. The number of ether oxygens (including phenoxy) is 1. The average Bonchev–Trinajstić information content (AvgIpc) is 3.34. The molecular formula is C26H30Cl3N5O3. The van der Waals surface area contributed by atoms with Crippen LogP contribution in [0.5, 0.6) is 0 Å². The van der Waals surface area contributed by atoms with Gasteiger partial charge in [0, 0.05) is 41.7 Å². The molecule has 2 N–H and O–H groups in total. The highest BCUT2D eigenvalue weighted by atomic mass is 35.5. The molecule has 2 aliphatic rings. The minimum Gasteiger partial charge on any atom is -0.465 e. The van der Waals surface area contributed by atoms with Gasteiger partial charge in [0.1, 0.15) is 0 Å². The zero-order valence-electron chi connectivity index (χ0n) is 20.4. The molecule has 198 valence electrons. The smallest absolute Gasteiger partial charge is 0.337 e. The van der Waals surface area contributed by atoms with Crippen LogP contribution >= 0.6 is 36.4 Å². The summed E-state index contributed by atoms with van der Waals surface area (Å²) < 4.78 is 6.62. The molecule has 1 fully saturated rings. The van der Waals surface area contributed by atoms with Crippen LogP contribution in [-0.2, 0) is 16.7 Å². The van der Waals surface area contributed by atoms with Crippen molar-refractivity contribution in [3.8, 4) is 11.4 Å². The van der Waals surface area contributed by atoms with Crippen molar-refractivity contribution in [2.75, 3.05) is 20.2 Å². The van der Waals surface area contributed by atoms with Crippen LogP contribution in [0.2, 0.25) is 5.02 Å². The normalized spacial score (nSPS) is 20.9. The summed E-state index contributed by atoms with van der Waals surface area (Å²) in [4.78, 5) is 27.0. The Labute approximate surface area is 233 Å². The lowest BCUT2D eigenvalue weighted by Crippen LogP contribution is -2.50. The Balaban J connectivity index is 0.00000190. The molecule has 1 aliphatic heterocycles. The number of methoxy groups -OCH3 is 1. The first-order chi connectivity index (χ1) is 17.0. The number of fused-ring (bicyclic) bond motifs is 1. The van der Waals surface area contributed by atoms with E-state index < -0.39 is 5.97 Å². The van der Waals surface area contributed by atoms with Crippen molar-refractivity contribution in [3.05, 3.63) is 70.5 Å². The maximum absolute atomic E-state index is 13.4. The first kappa shape index (κ1) is 28.9. The van der Waals surface area contributed by atoms with E-state index in [1.807, 2.05) is 27.7 Å². The minimum absolute atomic E-state index is 0. The Morgan fingerprint density at radius 3 is 2.38 bits per heavy atom. The lowest BCUT2D eigenvalue weighted by molar-refractivity contribution is 0.0523. The zero-order chi connectivity index (χ0) is 24.6. The molecule has 0 atom stereocenters. The van der Waals surface area contributed by atoms with Gasteiger partial charge in [-0.15, -0.1) is 35.0 Å². The van der Waals surface area contributed by atoms with Crippen LogP contribution in [0, 0.1) is 0 Å². The second-order valence-electron chi connectivity index (χ2n) is 9.29. The van der Waals surface area contributed by atoms with E-state index in [1.54, 1.807) is 24.3 Å². The fraction of sp³-hybridized carbons (Fsp3) is 0.385. The number of nitrogens with two attached hydrogens (primary N) is 1. The first-order valence-electron chi connectivity index (χ1n) is 11.8. The third-order valence-corrected chi connectivity index (χ3v) is 7.75. The number of hydrogen-bond acceptors (Lipinski definition) is 6. The molecule has 0 radical (unpaired) electrons. The lowest BCUT2D eigenvalue weighted by Gasteiger charge is -2.44. The van der Waals surface area contributed by atoms with Crippen LogP contribution in [0.15, 0.2) is 48.5 Å². The van der Waals surface area contributed by atoms with E-state index in [0.717, 1.165) is 36.3 Å². The Kier molecular flexibility index (Phi) is 9.23. The average molecular weight is 567 g/mol. The molecule has 2 heterocycles. The van der Waals surface area contributed by atoms with Crippen LogP contribution in [0.1, 0.15) is 52.2 Å². The third kappa shape index (κ3) is 5.34. The number of esters is 1. The second-order valence-corrected chi connectivity index (χ2v) is 9.73.